The van der Waals surface area contributed by atoms with Gasteiger partial charge in [0.25, 0.3) is 0 Å². The largest absolute Gasteiger partial charge is 0.396 e. The molecule has 0 amide bonds. The molecule has 1 N–H and O–H groups in total. The SMILES string of the molecule is OC[C@]1(Cc2ccccc2)CC12C=CC=C2. The van der Waals surface area contributed by atoms with E-state index in [9.17, 15) is 5.11 Å². The van der Waals surface area contributed by atoms with E-state index in [0.717, 1.165) is 12.8 Å². The van der Waals surface area contributed by atoms with E-state index < -0.39 is 0 Å². The van der Waals surface area contributed by atoms with Gasteiger partial charge in [0.1, 0.15) is 0 Å². The molecule has 1 aromatic rings. The summed E-state index contributed by atoms with van der Waals surface area (Å²) in [6, 6.07) is 10.5. The van der Waals surface area contributed by atoms with Crippen LogP contribution in [0.15, 0.2) is 54.6 Å². The van der Waals surface area contributed by atoms with Gasteiger partial charge < -0.3 is 5.11 Å². The highest BCUT2D eigenvalue weighted by atomic mass is 16.3. The number of rotatable bonds is 3. The molecule has 3 rings (SSSR count). The van der Waals surface area contributed by atoms with Crippen LogP contribution >= 0.6 is 0 Å². The highest BCUT2D eigenvalue weighted by Gasteiger charge is 2.64. The van der Waals surface area contributed by atoms with Gasteiger partial charge >= 0.3 is 0 Å². The lowest BCUT2D eigenvalue weighted by molar-refractivity contribution is 0.193. The van der Waals surface area contributed by atoms with E-state index in [0.29, 0.717) is 0 Å². The van der Waals surface area contributed by atoms with Crippen molar-refractivity contribution in [2.75, 3.05) is 6.61 Å². The van der Waals surface area contributed by atoms with Crippen molar-refractivity contribution in [3.05, 3.63) is 60.2 Å². The normalized spacial score (nSPS) is 28.8. The van der Waals surface area contributed by atoms with Gasteiger partial charge in [-0.1, -0.05) is 54.6 Å². The van der Waals surface area contributed by atoms with Gasteiger partial charge in [0.2, 0.25) is 0 Å². The molecule has 1 saturated carbocycles. The summed E-state index contributed by atoms with van der Waals surface area (Å²) in [5.41, 5.74) is 1.53. The predicted octanol–water partition coefficient (Wildman–Crippen LogP) is 2.72. The third-order valence-electron chi connectivity index (χ3n) is 4.08. The van der Waals surface area contributed by atoms with Crippen LogP contribution in [0.3, 0.4) is 0 Å². The maximum atomic E-state index is 9.68. The lowest BCUT2D eigenvalue weighted by Gasteiger charge is -2.18. The van der Waals surface area contributed by atoms with Crippen molar-refractivity contribution in [2.24, 2.45) is 10.8 Å². The van der Waals surface area contributed by atoms with Crippen molar-refractivity contribution >= 4 is 0 Å². The van der Waals surface area contributed by atoms with Crippen LogP contribution in [-0.2, 0) is 6.42 Å². The fourth-order valence-corrected chi connectivity index (χ4v) is 2.97. The minimum atomic E-state index is 0.0534. The molecular weight excluding hydrogens is 196 g/mol. The quantitative estimate of drug-likeness (QED) is 0.816. The number of benzene rings is 1. The third-order valence-corrected chi connectivity index (χ3v) is 4.08. The lowest BCUT2D eigenvalue weighted by Crippen LogP contribution is -2.18. The van der Waals surface area contributed by atoms with Crippen molar-refractivity contribution in [1.29, 1.82) is 0 Å². The first-order valence-corrected chi connectivity index (χ1v) is 5.82. The van der Waals surface area contributed by atoms with E-state index in [1.165, 1.54) is 5.56 Å². The fourth-order valence-electron chi connectivity index (χ4n) is 2.97. The Morgan fingerprint density at radius 2 is 1.75 bits per heavy atom. The average Bonchev–Trinajstić information content (AvgIpc) is 2.69. The molecule has 2 aliphatic rings. The Balaban J connectivity index is 1.85. The lowest BCUT2D eigenvalue weighted by atomic mass is 9.88. The molecule has 2 aliphatic carbocycles. The standard InChI is InChI=1S/C15H16O/c16-12-15(10-13-6-2-1-3-7-13)11-14(15)8-4-5-9-14/h1-9,16H,10-12H2/t15-/m0/s1. The van der Waals surface area contributed by atoms with Crippen molar-refractivity contribution in [3.8, 4) is 0 Å². The van der Waals surface area contributed by atoms with Crippen LogP contribution in [0, 0.1) is 10.8 Å². The molecule has 0 saturated heterocycles. The molecule has 1 heteroatoms. The number of hydrogen-bond donors (Lipinski definition) is 1. The van der Waals surface area contributed by atoms with Crippen LogP contribution in [0.2, 0.25) is 0 Å². The summed E-state index contributed by atoms with van der Waals surface area (Å²) < 4.78 is 0. The summed E-state index contributed by atoms with van der Waals surface area (Å²) in [4.78, 5) is 0. The Bertz CT molecular complexity index is 432. The molecule has 82 valence electrons. The molecule has 1 fully saturated rings. The van der Waals surface area contributed by atoms with Gasteiger partial charge in [-0.3, -0.25) is 0 Å². The molecule has 1 nitrogen and oxygen atoms in total. The Morgan fingerprint density at radius 3 is 2.38 bits per heavy atom. The zero-order chi connectivity index (χ0) is 11.1. The molecule has 0 aliphatic heterocycles. The number of hydrogen-bond acceptors (Lipinski definition) is 1. The Morgan fingerprint density at radius 1 is 1.06 bits per heavy atom. The fraction of sp³-hybridized carbons (Fsp3) is 0.333. The molecule has 0 bridgehead atoms. The summed E-state index contributed by atoms with van der Waals surface area (Å²) in [5, 5.41) is 9.68. The first-order valence-electron chi connectivity index (χ1n) is 5.82. The van der Waals surface area contributed by atoms with Gasteiger partial charge in [-0.2, -0.15) is 0 Å². The molecule has 0 radical (unpaired) electrons. The first kappa shape index (κ1) is 9.86. The van der Waals surface area contributed by atoms with Gasteiger partial charge in [0.05, 0.1) is 6.61 Å². The van der Waals surface area contributed by atoms with Crippen LogP contribution < -0.4 is 0 Å². The van der Waals surface area contributed by atoms with Crippen LogP contribution in [0.4, 0.5) is 0 Å². The minimum absolute atomic E-state index is 0.0534. The van der Waals surface area contributed by atoms with E-state index in [-0.39, 0.29) is 17.4 Å². The van der Waals surface area contributed by atoms with E-state index in [2.05, 4.69) is 48.6 Å². The summed E-state index contributed by atoms with van der Waals surface area (Å²) in [7, 11) is 0. The maximum absolute atomic E-state index is 9.68. The predicted molar refractivity (Wildman–Crippen MR) is 65.0 cm³/mol. The van der Waals surface area contributed by atoms with E-state index in [1.54, 1.807) is 0 Å². The molecule has 0 aromatic heterocycles. The monoisotopic (exact) mass is 212 g/mol. The second-order valence-corrected chi connectivity index (χ2v) is 5.04. The second kappa shape index (κ2) is 3.33. The van der Waals surface area contributed by atoms with Crippen molar-refractivity contribution in [1.82, 2.24) is 0 Å². The van der Waals surface area contributed by atoms with Crippen LogP contribution in [0.5, 0.6) is 0 Å². The first-order chi connectivity index (χ1) is 7.80. The zero-order valence-electron chi connectivity index (χ0n) is 9.26. The second-order valence-electron chi connectivity index (χ2n) is 5.04. The molecule has 1 spiro atoms. The zero-order valence-corrected chi connectivity index (χ0v) is 9.26. The highest BCUT2D eigenvalue weighted by molar-refractivity contribution is 5.40. The molecule has 1 atom stereocenters. The van der Waals surface area contributed by atoms with Crippen molar-refractivity contribution < 1.29 is 5.11 Å². The summed E-state index contributed by atoms with van der Waals surface area (Å²) in [6.07, 6.45) is 10.7. The topological polar surface area (TPSA) is 20.2 Å². The van der Waals surface area contributed by atoms with Crippen molar-refractivity contribution in [3.63, 3.8) is 0 Å². The number of aliphatic hydroxyl groups excluding tert-OH is 1. The molecular formula is C15H16O. The van der Waals surface area contributed by atoms with Gasteiger partial charge in [-0.25, -0.2) is 0 Å². The highest BCUT2D eigenvalue weighted by Crippen LogP contribution is 2.68. The summed E-state index contributed by atoms with van der Waals surface area (Å²) in [6.45, 7) is 0.274. The number of aliphatic hydroxyl groups is 1. The maximum Gasteiger partial charge on any atom is 0.0502 e. The van der Waals surface area contributed by atoms with Gasteiger partial charge in [0.15, 0.2) is 0 Å². The Labute approximate surface area is 96.1 Å². The molecule has 1 aromatic carbocycles. The number of allylic oxidation sites excluding steroid dienone is 4. The van der Waals surface area contributed by atoms with Crippen LogP contribution in [-0.4, -0.2) is 11.7 Å². The van der Waals surface area contributed by atoms with Crippen molar-refractivity contribution in [2.45, 2.75) is 12.8 Å². The molecule has 0 unspecified atom stereocenters. The van der Waals surface area contributed by atoms with E-state index >= 15 is 0 Å². The summed E-state index contributed by atoms with van der Waals surface area (Å²) >= 11 is 0. The van der Waals surface area contributed by atoms with Gasteiger partial charge in [-0.05, 0) is 18.4 Å². The molecule has 0 heterocycles. The third kappa shape index (κ3) is 1.28. The van der Waals surface area contributed by atoms with E-state index in [1.807, 2.05) is 6.07 Å². The summed E-state index contributed by atoms with van der Waals surface area (Å²) in [5.74, 6) is 0. The Kier molecular flexibility index (Phi) is 2.05. The molecule has 16 heavy (non-hydrogen) atoms. The van der Waals surface area contributed by atoms with E-state index in [4.69, 9.17) is 0 Å². The van der Waals surface area contributed by atoms with Crippen LogP contribution in [0.1, 0.15) is 12.0 Å². The minimum Gasteiger partial charge on any atom is -0.396 e. The Hall–Kier alpha value is -1.34. The van der Waals surface area contributed by atoms with Crippen LogP contribution in [0.25, 0.3) is 0 Å². The van der Waals surface area contributed by atoms with Gasteiger partial charge in [0, 0.05) is 10.8 Å². The van der Waals surface area contributed by atoms with Gasteiger partial charge in [-0.15, -0.1) is 0 Å². The average molecular weight is 212 g/mol. The smallest absolute Gasteiger partial charge is 0.0502 e.